The highest BCUT2D eigenvalue weighted by atomic mass is 16.5. The maximum Gasteiger partial charge on any atom is 0.317 e. The number of likely N-dealkylation sites (tertiary alicyclic amines) is 2. The van der Waals surface area contributed by atoms with Gasteiger partial charge in [0.2, 0.25) is 5.91 Å². The number of esters is 1. The van der Waals surface area contributed by atoms with E-state index in [-0.39, 0.29) is 30.4 Å². The van der Waals surface area contributed by atoms with Crippen molar-refractivity contribution < 1.29 is 19.1 Å². The van der Waals surface area contributed by atoms with Gasteiger partial charge in [-0.15, -0.1) is 0 Å². The first-order valence-electron chi connectivity index (χ1n) is 10.8. The van der Waals surface area contributed by atoms with Crippen LogP contribution >= 0.6 is 0 Å². The van der Waals surface area contributed by atoms with E-state index in [1.54, 1.807) is 11.8 Å². The fraction of sp³-hybridized carbons (Fsp3) is 0.609. The van der Waals surface area contributed by atoms with Gasteiger partial charge >= 0.3 is 5.97 Å². The van der Waals surface area contributed by atoms with Gasteiger partial charge in [-0.25, -0.2) is 0 Å². The molecular weight excluding hydrogens is 368 g/mol. The summed E-state index contributed by atoms with van der Waals surface area (Å²) in [6.45, 7) is 5.20. The van der Waals surface area contributed by atoms with Crippen LogP contribution in [-0.2, 0) is 24.5 Å². The molecule has 0 aromatic heterocycles. The number of carbonyl (C=O) groups is 3. The number of benzene rings is 1. The Morgan fingerprint density at radius 1 is 1.07 bits per heavy atom. The average molecular weight is 401 g/mol. The van der Waals surface area contributed by atoms with Gasteiger partial charge in [-0.3, -0.25) is 14.4 Å². The summed E-state index contributed by atoms with van der Waals surface area (Å²) in [5.74, 6) is -0.439. The lowest BCUT2D eigenvalue weighted by Crippen LogP contribution is -2.50. The Kier molecular flexibility index (Phi) is 6.93. The predicted molar refractivity (Wildman–Crippen MR) is 110 cm³/mol. The van der Waals surface area contributed by atoms with E-state index in [0.29, 0.717) is 25.9 Å². The largest absolute Gasteiger partial charge is 0.455 e. The molecule has 2 heterocycles. The number of hydrogen-bond acceptors (Lipinski definition) is 4. The molecule has 2 fully saturated rings. The molecule has 0 aliphatic carbocycles. The monoisotopic (exact) mass is 400 g/mol. The van der Waals surface area contributed by atoms with Gasteiger partial charge in [0.25, 0.3) is 5.91 Å². The van der Waals surface area contributed by atoms with Gasteiger partial charge in [0, 0.05) is 32.6 Å². The molecule has 6 heteroatoms. The fourth-order valence-electron chi connectivity index (χ4n) is 4.67. The van der Waals surface area contributed by atoms with E-state index >= 15 is 0 Å². The SMILES string of the molecule is CCC1CCCCN1C(=O)COC(=O)C1(c2ccccc2)CCN(C(C)=O)CC1. The van der Waals surface area contributed by atoms with Crippen LogP contribution in [0.1, 0.15) is 57.9 Å². The zero-order valence-electron chi connectivity index (χ0n) is 17.6. The summed E-state index contributed by atoms with van der Waals surface area (Å²) < 4.78 is 5.61. The van der Waals surface area contributed by atoms with Gasteiger partial charge in [-0.2, -0.15) is 0 Å². The van der Waals surface area contributed by atoms with Crippen LogP contribution in [0.15, 0.2) is 30.3 Å². The Hall–Kier alpha value is -2.37. The number of hydrogen-bond donors (Lipinski definition) is 0. The maximum absolute atomic E-state index is 13.2. The summed E-state index contributed by atoms with van der Waals surface area (Å²) in [7, 11) is 0. The van der Waals surface area contributed by atoms with Crippen molar-refractivity contribution in [1.29, 1.82) is 0 Å². The number of rotatable bonds is 5. The van der Waals surface area contributed by atoms with Crippen molar-refractivity contribution in [1.82, 2.24) is 9.80 Å². The number of nitrogens with zero attached hydrogens (tertiary/aromatic N) is 2. The highest BCUT2D eigenvalue weighted by Crippen LogP contribution is 2.37. The van der Waals surface area contributed by atoms with Gasteiger partial charge in [0.15, 0.2) is 6.61 Å². The molecule has 3 rings (SSSR count). The third kappa shape index (κ3) is 4.62. The molecule has 0 radical (unpaired) electrons. The van der Waals surface area contributed by atoms with Crippen molar-refractivity contribution in [2.45, 2.75) is 63.8 Å². The molecule has 2 amide bonds. The zero-order chi connectivity index (χ0) is 20.9. The molecule has 1 aromatic carbocycles. The Balaban J connectivity index is 1.71. The van der Waals surface area contributed by atoms with E-state index in [2.05, 4.69) is 6.92 Å². The first-order chi connectivity index (χ1) is 14.0. The second kappa shape index (κ2) is 9.42. The topological polar surface area (TPSA) is 66.9 Å². The predicted octanol–water partition coefficient (Wildman–Crippen LogP) is 2.90. The van der Waals surface area contributed by atoms with Crippen molar-refractivity contribution in [3.63, 3.8) is 0 Å². The molecule has 1 atom stereocenters. The van der Waals surface area contributed by atoms with Crippen molar-refractivity contribution in [2.75, 3.05) is 26.2 Å². The quantitative estimate of drug-likeness (QED) is 0.713. The van der Waals surface area contributed by atoms with E-state index in [0.717, 1.165) is 37.8 Å². The lowest BCUT2D eigenvalue weighted by molar-refractivity contribution is -0.160. The molecule has 2 aliphatic heterocycles. The molecule has 158 valence electrons. The first kappa shape index (κ1) is 21.3. The van der Waals surface area contributed by atoms with Gasteiger partial charge < -0.3 is 14.5 Å². The summed E-state index contributed by atoms with van der Waals surface area (Å²) in [6.07, 6.45) is 5.10. The number of ether oxygens (including phenoxy) is 1. The van der Waals surface area contributed by atoms with Crippen molar-refractivity contribution in [3.8, 4) is 0 Å². The minimum absolute atomic E-state index is 0.0194. The molecule has 0 saturated carbocycles. The van der Waals surface area contributed by atoms with E-state index in [1.807, 2.05) is 35.2 Å². The smallest absolute Gasteiger partial charge is 0.317 e. The molecule has 2 saturated heterocycles. The summed E-state index contributed by atoms with van der Waals surface area (Å²) >= 11 is 0. The molecule has 1 unspecified atom stereocenters. The van der Waals surface area contributed by atoms with E-state index < -0.39 is 5.41 Å². The zero-order valence-corrected chi connectivity index (χ0v) is 17.6. The highest BCUT2D eigenvalue weighted by Gasteiger charge is 2.45. The van der Waals surface area contributed by atoms with Gasteiger partial charge in [-0.1, -0.05) is 37.3 Å². The van der Waals surface area contributed by atoms with Crippen LogP contribution in [0.4, 0.5) is 0 Å². The second-order valence-corrected chi connectivity index (χ2v) is 8.18. The van der Waals surface area contributed by atoms with Gasteiger partial charge in [-0.05, 0) is 44.1 Å². The molecule has 2 aliphatic rings. The second-order valence-electron chi connectivity index (χ2n) is 8.18. The lowest BCUT2D eigenvalue weighted by atomic mass is 9.72. The summed E-state index contributed by atoms with van der Waals surface area (Å²) in [5, 5.41) is 0. The molecule has 0 spiro atoms. The van der Waals surface area contributed by atoms with Crippen molar-refractivity contribution in [2.24, 2.45) is 0 Å². The minimum atomic E-state index is -0.806. The molecule has 29 heavy (non-hydrogen) atoms. The van der Waals surface area contributed by atoms with Gasteiger partial charge in [0.05, 0.1) is 5.41 Å². The fourth-order valence-corrected chi connectivity index (χ4v) is 4.67. The normalized spacial score (nSPS) is 21.5. The van der Waals surface area contributed by atoms with E-state index in [4.69, 9.17) is 4.74 Å². The van der Waals surface area contributed by atoms with Crippen LogP contribution in [0, 0.1) is 0 Å². The number of piperidine rings is 2. The van der Waals surface area contributed by atoms with Crippen LogP contribution < -0.4 is 0 Å². The molecule has 0 N–H and O–H groups in total. The Bertz CT molecular complexity index is 726. The minimum Gasteiger partial charge on any atom is -0.455 e. The van der Waals surface area contributed by atoms with Crippen molar-refractivity contribution >= 4 is 17.8 Å². The van der Waals surface area contributed by atoms with Crippen molar-refractivity contribution in [3.05, 3.63) is 35.9 Å². The summed E-state index contributed by atoms with van der Waals surface area (Å²) in [5.41, 5.74) is 0.0876. The Morgan fingerprint density at radius 3 is 2.38 bits per heavy atom. The first-order valence-corrected chi connectivity index (χ1v) is 10.8. The van der Waals surface area contributed by atoms with Crippen LogP contribution in [-0.4, -0.2) is 59.9 Å². The van der Waals surface area contributed by atoms with Crippen LogP contribution in [0.25, 0.3) is 0 Å². The van der Waals surface area contributed by atoms with Crippen LogP contribution in [0.5, 0.6) is 0 Å². The third-order valence-electron chi connectivity index (χ3n) is 6.52. The standard InChI is InChI=1S/C23H32N2O4/c1-3-20-11-7-8-14-25(20)21(27)17-29-22(28)23(19-9-5-4-6-10-19)12-15-24(16-13-23)18(2)26/h4-6,9-10,20H,3,7-8,11-17H2,1-2H3. The van der Waals surface area contributed by atoms with Crippen LogP contribution in [0.2, 0.25) is 0 Å². The molecular formula is C23H32N2O4. The molecule has 6 nitrogen and oxygen atoms in total. The maximum atomic E-state index is 13.2. The number of amides is 2. The highest BCUT2D eigenvalue weighted by molar-refractivity contribution is 5.87. The Morgan fingerprint density at radius 2 is 1.76 bits per heavy atom. The third-order valence-corrected chi connectivity index (χ3v) is 6.52. The van der Waals surface area contributed by atoms with Crippen LogP contribution in [0.3, 0.4) is 0 Å². The van der Waals surface area contributed by atoms with E-state index in [9.17, 15) is 14.4 Å². The number of carbonyl (C=O) groups excluding carboxylic acids is 3. The Labute approximate surface area is 173 Å². The average Bonchev–Trinajstić information content (AvgIpc) is 2.77. The molecule has 0 bridgehead atoms. The summed E-state index contributed by atoms with van der Waals surface area (Å²) in [6, 6.07) is 9.85. The lowest BCUT2D eigenvalue weighted by Gasteiger charge is -2.40. The van der Waals surface area contributed by atoms with Gasteiger partial charge in [0.1, 0.15) is 0 Å². The summed E-state index contributed by atoms with van der Waals surface area (Å²) in [4.78, 5) is 41.3. The van der Waals surface area contributed by atoms with E-state index in [1.165, 1.54) is 0 Å². The molecule has 1 aromatic rings.